The second kappa shape index (κ2) is 6.13. The number of nitro groups is 1. The fourth-order valence-corrected chi connectivity index (χ4v) is 2.07. The minimum absolute atomic E-state index is 0.0640. The molecule has 2 aromatic carbocycles. The lowest BCUT2D eigenvalue weighted by molar-refractivity contribution is -0.383. The van der Waals surface area contributed by atoms with Crippen molar-refractivity contribution in [3.05, 3.63) is 58.1 Å². The number of ether oxygens (including phenoxy) is 1. The molecule has 0 aliphatic carbocycles. The van der Waals surface area contributed by atoms with Gasteiger partial charge in [0.2, 0.25) is 0 Å². The van der Waals surface area contributed by atoms with E-state index in [-0.39, 0.29) is 11.4 Å². The van der Waals surface area contributed by atoms with Crippen molar-refractivity contribution < 1.29 is 9.66 Å². The maximum absolute atomic E-state index is 10.7. The summed E-state index contributed by atoms with van der Waals surface area (Å²) >= 11 is 0. The fraction of sp³-hybridized carbons (Fsp3) is 0.200. The van der Waals surface area contributed by atoms with Crippen LogP contribution in [0.25, 0.3) is 0 Å². The number of hydrogen-bond donors (Lipinski definition) is 1. The Balaban J connectivity index is 2.13. The first-order valence-corrected chi connectivity index (χ1v) is 6.39. The summed E-state index contributed by atoms with van der Waals surface area (Å²) in [7, 11) is 3.57. The number of hydrogen-bond acceptors (Lipinski definition) is 5. The van der Waals surface area contributed by atoms with Gasteiger partial charge in [-0.15, -0.1) is 0 Å². The average Bonchev–Trinajstić information content (AvgIpc) is 2.47. The molecule has 0 saturated heterocycles. The highest BCUT2D eigenvalue weighted by atomic mass is 16.6. The number of nitrogens with two attached hydrogens (primary N) is 1. The Morgan fingerprint density at radius 3 is 2.43 bits per heavy atom. The first kappa shape index (κ1) is 14.6. The molecule has 0 aromatic heterocycles. The number of anilines is 2. The van der Waals surface area contributed by atoms with Crippen molar-refractivity contribution in [2.45, 2.75) is 6.54 Å². The van der Waals surface area contributed by atoms with Gasteiger partial charge >= 0.3 is 0 Å². The predicted octanol–water partition coefficient (Wildman–Crippen LogP) is 2.82. The van der Waals surface area contributed by atoms with Crippen molar-refractivity contribution in [1.29, 1.82) is 0 Å². The molecule has 0 bridgehead atoms. The molecule has 0 radical (unpaired) electrons. The molecule has 0 saturated carbocycles. The number of nitro benzene ring substituents is 1. The highest BCUT2D eigenvalue weighted by molar-refractivity contribution is 5.60. The van der Waals surface area contributed by atoms with Gasteiger partial charge in [0, 0.05) is 25.3 Å². The highest BCUT2D eigenvalue weighted by Gasteiger charge is 2.12. The fourth-order valence-electron chi connectivity index (χ4n) is 2.07. The second-order valence-electron chi connectivity index (χ2n) is 4.70. The molecule has 2 rings (SSSR count). The Bertz CT molecular complexity index is 641. The summed E-state index contributed by atoms with van der Waals surface area (Å²) in [6.07, 6.45) is 0. The molecule has 110 valence electrons. The van der Waals surface area contributed by atoms with Crippen molar-refractivity contribution in [3.63, 3.8) is 0 Å². The standard InChI is InChI=1S/C15H17N3O3/c1-17(12-4-6-13(21-2)7-5-12)10-11-3-8-15(18(19)20)14(16)9-11/h3-9H,10,16H2,1-2H3. The zero-order valence-electron chi connectivity index (χ0n) is 11.9. The monoisotopic (exact) mass is 287 g/mol. The Morgan fingerprint density at radius 1 is 1.24 bits per heavy atom. The van der Waals surface area contributed by atoms with Gasteiger partial charge in [-0.2, -0.15) is 0 Å². The van der Waals surface area contributed by atoms with Gasteiger partial charge in [-0.25, -0.2) is 0 Å². The van der Waals surface area contributed by atoms with Crippen LogP contribution in [0.5, 0.6) is 5.75 Å². The van der Waals surface area contributed by atoms with Crippen LogP contribution in [0.15, 0.2) is 42.5 Å². The third-order valence-corrected chi connectivity index (χ3v) is 3.22. The molecule has 0 aliphatic heterocycles. The van der Waals surface area contributed by atoms with Gasteiger partial charge in [0.15, 0.2) is 0 Å². The lowest BCUT2D eigenvalue weighted by Crippen LogP contribution is -2.16. The van der Waals surface area contributed by atoms with Crippen molar-refractivity contribution in [2.24, 2.45) is 0 Å². The number of rotatable bonds is 5. The maximum atomic E-state index is 10.7. The van der Waals surface area contributed by atoms with Crippen molar-refractivity contribution in [2.75, 3.05) is 24.8 Å². The first-order chi connectivity index (χ1) is 10.0. The van der Waals surface area contributed by atoms with Crippen LogP contribution < -0.4 is 15.4 Å². The summed E-state index contributed by atoms with van der Waals surface area (Å²) in [6, 6.07) is 12.5. The minimum Gasteiger partial charge on any atom is -0.497 e. The zero-order chi connectivity index (χ0) is 15.4. The third-order valence-electron chi connectivity index (χ3n) is 3.22. The smallest absolute Gasteiger partial charge is 0.292 e. The molecule has 0 heterocycles. The van der Waals surface area contributed by atoms with E-state index >= 15 is 0 Å². The molecule has 2 N–H and O–H groups in total. The van der Waals surface area contributed by atoms with Gasteiger partial charge < -0.3 is 15.4 Å². The normalized spacial score (nSPS) is 10.2. The summed E-state index contributed by atoms with van der Waals surface area (Å²) in [5.41, 5.74) is 7.75. The Hall–Kier alpha value is -2.76. The SMILES string of the molecule is COc1ccc(N(C)Cc2ccc([N+](=O)[O-])c(N)c2)cc1. The number of nitrogens with zero attached hydrogens (tertiary/aromatic N) is 2. The van der Waals surface area contributed by atoms with Crippen LogP contribution >= 0.6 is 0 Å². The zero-order valence-corrected chi connectivity index (χ0v) is 11.9. The minimum atomic E-state index is -0.480. The van der Waals surface area contributed by atoms with E-state index in [9.17, 15) is 10.1 Å². The van der Waals surface area contributed by atoms with E-state index in [4.69, 9.17) is 10.5 Å². The van der Waals surface area contributed by atoms with Gasteiger partial charge in [0.05, 0.1) is 12.0 Å². The topological polar surface area (TPSA) is 81.6 Å². The summed E-state index contributed by atoms with van der Waals surface area (Å²) in [4.78, 5) is 12.3. The number of methoxy groups -OCH3 is 1. The van der Waals surface area contributed by atoms with Gasteiger partial charge in [0.25, 0.3) is 5.69 Å². The van der Waals surface area contributed by atoms with E-state index in [1.807, 2.05) is 36.2 Å². The molecule has 0 unspecified atom stereocenters. The molecule has 6 nitrogen and oxygen atoms in total. The molecule has 0 fully saturated rings. The summed E-state index contributed by atoms with van der Waals surface area (Å²) in [5, 5.41) is 10.7. The number of benzene rings is 2. The molecular formula is C15H17N3O3. The molecule has 0 spiro atoms. The van der Waals surface area contributed by atoms with Crippen LogP contribution in [-0.2, 0) is 6.54 Å². The van der Waals surface area contributed by atoms with Crippen LogP contribution in [-0.4, -0.2) is 19.1 Å². The van der Waals surface area contributed by atoms with Gasteiger partial charge in [-0.05, 0) is 35.9 Å². The van der Waals surface area contributed by atoms with Crippen LogP contribution in [0.4, 0.5) is 17.1 Å². The van der Waals surface area contributed by atoms with Crippen LogP contribution in [0.1, 0.15) is 5.56 Å². The van der Waals surface area contributed by atoms with Crippen molar-refractivity contribution in [1.82, 2.24) is 0 Å². The van der Waals surface area contributed by atoms with Crippen LogP contribution in [0.2, 0.25) is 0 Å². The van der Waals surface area contributed by atoms with Crippen LogP contribution in [0, 0.1) is 10.1 Å². The largest absolute Gasteiger partial charge is 0.497 e. The summed E-state index contributed by atoms with van der Waals surface area (Å²) in [6.45, 7) is 0.606. The third kappa shape index (κ3) is 3.42. The van der Waals surface area contributed by atoms with Gasteiger partial charge in [-0.1, -0.05) is 6.07 Å². The van der Waals surface area contributed by atoms with E-state index in [0.717, 1.165) is 17.0 Å². The van der Waals surface area contributed by atoms with Crippen molar-refractivity contribution >= 4 is 17.1 Å². The molecule has 0 atom stereocenters. The number of nitrogen functional groups attached to an aromatic ring is 1. The summed E-state index contributed by atoms with van der Waals surface area (Å²) < 4.78 is 5.12. The lowest BCUT2D eigenvalue weighted by Gasteiger charge is -2.19. The highest BCUT2D eigenvalue weighted by Crippen LogP contribution is 2.24. The van der Waals surface area contributed by atoms with Gasteiger partial charge in [-0.3, -0.25) is 10.1 Å². The van der Waals surface area contributed by atoms with E-state index in [1.165, 1.54) is 6.07 Å². The van der Waals surface area contributed by atoms with Gasteiger partial charge in [0.1, 0.15) is 11.4 Å². The molecule has 6 heteroatoms. The molecule has 2 aromatic rings. The predicted molar refractivity (Wildman–Crippen MR) is 82.6 cm³/mol. The lowest BCUT2D eigenvalue weighted by atomic mass is 10.1. The molecule has 0 amide bonds. The van der Waals surface area contributed by atoms with Crippen molar-refractivity contribution in [3.8, 4) is 5.75 Å². The van der Waals surface area contributed by atoms with E-state index < -0.39 is 4.92 Å². The Kier molecular flexibility index (Phi) is 4.27. The first-order valence-electron chi connectivity index (χ1n) is 6.39. The average molecular weight is 287 g/mol. The molecule has 21 heavy (non-hydrogen) atoms. The molecule has 0 aliphatic rings. The summed E-state index contributed by atoms with van der Waals surface area (Å²) in [5.74, 6) is 0.798. The second-order valence-corrected chi connectivity index (χ2v) is 4.70. The quantitative estimate of drug-likeness (QED) is 0.519. The Labute approximate surface area is 122 Å². The van der Waals surface area contributed by atoms with Crippen LogP contribution in [0.3, 0.4) is 0 Å². The molecular weight excluding hydrogens is 270 g/mol. The maximum Gasteiger partial charge on any atom is 0.292 e. The van der Waals surface area contributed by atoms with E-state index in [1.54, 1.807) is 19.2 Å². The van der Waals surface area contributed by atoms with E-state index in [2.05, 4.69) is 0 Å². The van der Waals surface area contributed by atoms with E-state index in [0.29, 0.717) is 6.54 Å². The Morgan fingerprint density at radius 2 is 1.90 bits per heavy atom.